The SMILES string of the molecule is CCCCCCCCCCCCCCc1c(Oc2ccccc2)cc(O)cc1S(=O)(=O)O. The lowest BCUT2D eigenvalue weighted by Crippen LogP contribution is -2.05. The fourth-order valence-corrected chi connectivity index (χ4v) is 4.72. The van der Waals surface area contributed by atoms with E-state index in [0.717, 1.165) is 25.3 Å². The Morgan fingerprint density at radius 3 is 1.84 bits per heavy atom. The van der Waals surface area contributed by atoms with Gasteiger partial charge < -0.3 is 9.84 Å². The van der Waals surface area contributed by atoms with Gasteiger partial charge in [0.2, 0.25) is 0 Å². The minimum Gasteiger partial charge on any atom is -0.508 e. The molecule has 0 bridgehead atoms. The lowest BCUT2D eigenvalue weighted by atomic mass is 10.0. The zero-order valence-electron chi connectivity index (χ0n) is 19.3. The molecule has 0 aromatic heterocycles. The first kappa shape index (κ1) is 26.2. The number of hydrogen-bond donors (Lipinski definition) is 2. The van der Waals surface area contributed by atoms with Crippen LogP contribution in [0.2, 0.25) is 0 Å². The van der Waals surface area contributed by atoms with Gasteiger partial charge in [-0.05, 0) is 25.0 Å². The van der Waals surface area contributed by atoms with E-state index in [-0.39, 0.29) is 16.4 Å². The fraction of sp³-hybridized carbons (Fsp3) is 0.538. The summed E-state index contributed by atoms with van der Waals surface area (Å²) < 4.78 is 39.4. The molecule has 5 nitrogen and oxygen atoms in total. The van der Waals surface area contributed by atoms with Gasteiger partial charge in [0, 0.05) is 17.7 Å². The fourth-order valence-electron chi connectivity index (χ4n) is 3.93. The molecule has 0 atom stereocenters. The van der Waals surface area contributed by atoms with E-state index in [1.807, 2.05) is 18.2 Å². The number of benzene rings is 2. The van der Waals surface area contributed by atoms with Crippen LogP contribution in [0.25, 0.3) is 0 Å². The van der Waals surface area contributed by atoms with Crippen molar-refractivity contribution < 1.29 is 22.8 Å². The standard InChI is InChI=1S/C26H38O5S/c1-2-3-4-5-6-7-8-9-10-11-12-16-19-24-25(31-23-17-14-13-15-18-23)20-22(27)21-26(24)32(28,29)30/h13-15,17-18,20-21,27H,2-12,16,19H2,1H3,(H,28,29,30). The maximum Gasteiger partial charge on any atom is 0.295 e. The molecule has 0 radical (unpaired) electrons. The van der Waals surface area contributed by atoms with Gasteiger partial charge in [-0.1, -0.05) is 95.8 Å². The quantitative estimate of drug-likeness (QED) is 0.197. The van der Waals surface area contributed by atoms with Crippen LogP contribution >= 0.6 is 0 Å². The smallest absolute Gasteiger partial charge is 0.295 e. The van der Waals surface area contributed by atoms with Gasteiger partial charge in [0.05, 0.1) is 0 Å². The summed E-state index contributed by atoms with van der Waals surface area (Å²) in [6.45, 7) is 2.24. The monoisotopic (exact) mass is 462 g/mol. The third-order valence-corrected chi connectivity index (χ3v) is 6.60. The van der Waals surface area contributed by atoms with Gasteiger partial charge in [-0.3, -0.25) is 4.55 Å². The molecule has 2 aromatic rings. The summed E-state index contributed by atoms with van der Waals surface area (Å²) in [4.78, 5) is -0.286. The molecule has 0 saturated carbocycles. The number of ether oxygens (including phenoxy) is 1. The zero-order valence-corrected chi connectivity index (χ0v) is 20.1. The topological polar surface area (TPSA) is 83.8 Å². The van der Waals surface area contributed by atoms with Gasteiger partial charge in [0.1, 0.15) is 22.1 Å². The first-order valence-corrected chi connectivity index (χ1v) is 13.4. The Hall–Kier alpha value is -2.05. The van der Waals surface area contributed by atoms with Crippen molar-refractivity contribution in [2.24, 2.45) is 0 Å². The first-order chi connectivity index (χ1) is 15.4. The van der Waals surface area contributed by atoms with Gasteiger partial charge >= 0.3 is 0 Å². The molecule has 6 heteroatoms. The Morgan fingerprint density at radius 1 is 0.781 bits per heavy atom. The van der Waals surface area contributed by atoms with Crippen molar-refractivity contribution in [1.29, 1.82) is 0 Å². The van der Waals surface area contributed by atoms with E-state index in [2.05, 4.69) is 6.92 Å². The van der Waals surface area contributed by atoms with Crippen LogP contribution in [0.5, 0.6) is 17.2 Å². The molecule has 0 heterocycles. The Balaban J connectivity index is 1.86. The van der Waals surface area contributed by atoms with E-state index in [4.69, 9.17) is 4.74 Å². The normalized spacial score (nSPS) is 11.6. The van der Waals surface area contributed by atoms with Crippen LogP contribution in [0.3, 0.4) is 0 Å². The number of hydrogen-bond acceptors (Lipinski definition) is 4. The summed E-state index contributed by atoms with van der Waals surface area (Å²) in [6, 6.07) is 11.5. The molecule has 0 spiro atoms. The molecule has 0 aliphatic rings. The minimum absolute atomic E-state index is 0.256. The highest BCUT2D eigenvalue weighted by atomic mass is 32.2. The van der Waals surface area contributed by atoms with E-state index in [1.54, 1.807) is 12.1 Å². The second-order valence-electron chi connectivity index (χ2n) is 8.45. The summed E-state index contributed by atoms with van der Waals surface area (Å²) >= 11 is 0. The van der Waals surface area contributed by atoms with Crippen molar-refractivity contribution in [2.75, 3.05) is 0 Å². The predicted molar refractivity (Wildman–Crippen MR) is 129 cm³/mol. The number of rotatable bonds is 16. The van der Waals surface area contributed by atoms with Crippen LogP contribution in [0.1, 0.15) is 89.5 Å². The second kappa shape index (κ2) is 14.2. The summed E-state index contributed by atoms with van der Waals surface area (Å²) in [7, 11) is -4.48. The van der Waals surface area contributed by atoms with Gasteiger partial charge in [-0.2, -0.15) is 8.42 Å². The molecule has 2 N–H and O–H groups in total. The molecular formula is C26H38O5S. The maximum atomic E-state index is 11.9. The van der Waals surface area contributed by atoms with Gasteiger partial charge in [0.25, 0.3) is 10.1 Å². The molecule has 32 heavy (non-hydrogen) atoms. The Labute approximate surface area is 193 Å². The third-order valence-electron chi connectivity index (χ3n) is 5.68. The molecule has 0 aliphatic carbocycles. The average Bonchev–Trinajstić information content (AvgIpc) is 2.75. The van der Waals surface area contributed by atoms with Crippen molar-refractivity contribution in [3.05, 3.63) is 48.0 Å². The molecular weight excluding hydrogens is 424 g/mol. The third kappa shape index (κ3) is 9.61. The lowest BCUT2D eigenvalue weighted by molar-refractivity contribution is 0.440. The van der Waals surface area contributed by atoms with E-state index >= 15 is 0 Å². The molecule has 0 unspecified atom stereocenters. The summed E-state index contributed by atoms with van der Waals surface area (Å²) in [5.74, 6) is 0.532. The minimum atomic E-state index is -4.48. The predicted octanol–water partition coefficient (Wildman–Crippen LogP) is 7.67. The Kier molecular flexibility index (Phi) is 11.6. The van der Waals surface area contributed by atoms with E-state index in [0.29, 0.717) is 17.7 Å². The van der Waals surface area contributed by atoms with Crippen molar-refractivity contribution in [2.45, 2.75) is 95.3 Å². The highest BCUT2D eigenvalue weighted by Crippen LogP contribution is 2.35. The van der Waals surface area contributed by atoms with Crippen LogP contribution in [0.4, 0.5) is 0 Å². The highest BCUT2D eigenvalue weighted by molar-refractivity contribution is 7.85. The van der Waals surface area contributed by atoms with Crippen LogP contribution in [0.15, 0.2) is 47.4 Å². The number of aromatic hydroxyl groups is 1. The van der Waals surface area contributed by atoms with Crippen molar-refractivity contribution in [3.63, 3.8) is 0 Å². The van der Waals surface area contributed by atoms with Crippen molar-refractivity contribution in [3.8, 4) is 17.2 Å². The summed E-state index contributed by atoms with van der Waals surface area (Å²) in [5, 5.41) is 9.98. The molecule has 0 aliphatic heterocycles. The van der Waals surface area contributed by atoms with E-state index < -0.39 is 10.1 Å². The van der Waals surface area contributed by atoms with Gasteiger partial charge in [-0.25, -0.2) is 0 Å². The Bertz CT molecular complexity index is 894. The number of phenolic OH excluding ortho intramolecular Hbond substituents is 1. The average molecular weight is 463 g/mol. The second-order valence-corrected chi connectivity index (χ2v) is 9.84. The van der Waals surface area contributed by atoms with Crippen LogP contribution in [0, 0.1) is 0 Å². The van der Waals surface area contributed by atoms with Crippen LogP contribution in [-0.4, -0.2) is 18.1 Å². The molecule has 2 aromatic carbocycles. The van der Waals surface area contributed by atoms with Gasteiger partial charge in [0.15, 0.2) is 0 Å². The largest absolute Gasteiger partial charge is 0.508 e. The van der Waals surface area contributed by atoms with E-state index in [9.17, 15) is 18.1 Å². The maximum absolute atomic E-state index is 11.9. The van der Waals surface area contributed by atoms with Crippen molar-refractivity contribution >= 4 is 10.1 Å². The van der Waals surface area contributed by atoms with Crippen molar-refractivity contribution in [1.82, 2.24) is 0 Å². The number of unbranched alkanes of at least 4 members (excludes halogenated alkanes) is 11. The zero-order chi connectivity index (χ0) is 23.2. The lowest BCUT2D eigenvalue weighted by Gasteiger charge is -2.15. The molecule has 0 amide bonds. The van der Waals surface area contributed by atoms with Crippen LogP contribution in [-0.2, 0) is 16.5 Å². The van der Waals surface area contributed by atoms with Gasteiger partial charge in [-0.15, -0.1) is 0 Å². The molecule has 2 rings (SSSR count). The molecule has 178 valence electrons. The number of phenols is 1. The summed E-state index contributed by atoms with van der Waals surface area (Å²) in [6.07, 6.45) is 15.0. The molecule has 0 fully saturated rings. The molecule has 0 saturated heterocycles. The number of para-hydroxylation sites is 1. The Morgan fingerprint density at radius 2 is 1.31 bits per heavy atom. The van der Waals surface area contributed by atoms with E-state index in [1.165, 1.54) is 63.9 Å². The summed E-state index contributed by atoms with van der Waals surface area (Å²) in [5.41, 5.74) is 0.404. The highest BCUT2D eigenvalue weighted by Gasteiger charge is 2.21. The first-order valence-electron chi connectivity index (χ1n) is 12.0. The van der Waals surface area contributed by atoms with Crippen LogP contribution < -0.4 is 4.74 Å².